The van der Waals surface area contributed by atoms with Crippen LogP contribution in [0.1, 0.15) is 50.9 Å². The average molecular weight is 235 g/mol. The van der Waals surface area contributed by atoms with Gasteiger partial charge in [-0.2, -0.15) is 0 Å². The van der Waals surface area contributed by atoms with Crippen LogP contribution in [0.3, 0.4) is 0 Å². The summed E-state index contributed by atoms with van der Waals surface area (Å²) in [6.07, 6.45) is 4.19. The lowest BCUT2D eigenvalue weighted by molar-refractivity contribution is 0.262. The molecular formula is C14H25N3. The maximum Gasteiger partial charge on any atom is 0.0925 e. The first-order chi connectivity index (χ1) is 8.18. The van der Waals surface area contributed by atoms with Crippen molar-refractivity contribution in [2.24, 2.45) is 0 Å². The first-order valence-electron chi connectivity index (χ1n) is 6.59. The number of hydrogen-bond donors (Lipinski definition) is 1. The molecule has 2 heterocycles. The Balaban J connectivity index is 0.000000686. The molecule has 0 saturated carbocycles. The largest absolute Gasteiger partial charge is 0.375 e. The Morgan fingerprint density at radius 1 is 1.41 bits per heavy atom. The summed E-state index contributed by atoms with van der Waals surface area (Å²) in [7, 11) is 0. The van der Waals surface area contributed by atoms with Crippen LogP contribution in [0, 0.1) is 6.92 Å². The number of aryl methyl sites for hydroxylation is 1. The minimum atomic E-state index is 0.631. The van der Waals surface area contributed by atoms with Gasteiger partial charge in [0, 0.05) is 30.4 Å². The number of rotatable bonds is 2. The normalized spacial score (nSPS) is 16.4. The predicted octanol–water partition coefficient (Wildman–Crippen LogP) is 3.46. The van der Waals surface area contributed by atoms with Gasteiger partial charge in [0.05, 0.1) is 12.0 Å². The van der Waals surface area contributed by atoms with E-state index in [0.717, 1.165) is 13.1 Å². The van der Waals surface area contributed by atoms with Crippen LogP contribution in [0.4, 0.5) is 0 Å². The van der Waals surface area contributed by atoms with Gasteiger partial charge in [-0.15, -0.1) is 0 Å². The van der Waals surface area contributed by atoms with E-state index in [4.69, 9.17) is 0 Å². The van der Waals surface area contributed by atoms with E-state index >= 15 is 0 Å². The second kappa shape index (κ2) is 6.48. The summed E-state index contributed by atoms with van der Waals surface area (Å²) in [5, 5.41) is 0. The van der Waals surface area contributed by atoms with Crippen LogP contribution in [0.2, 0.25) is 0 Å². The molecule has 3 nitrogen and oxygen atoms in total. The summed E-state index contributed by atoms with van der Waals surface area (Å²) < 4.78 is 0. The number of aromatic nitrogens is 2. The monoisotopic (exact) mass is 235 g/mol. The number of nitrogens with zero attached hydrogens (tertiary/aromatic N) is 2. The molecule has 1 saturated heterocycles. The molecule has 96 valence electrons. The molecule has 1 N–H and O–H groups in total. The second-order valence-corrected chi connectivity index (χ2v) is 4.41. The van der Waals surface area contributed by atoms with Gasteiger partial charge in [-0.3, -0.25) is 0 Å². The third kappa shape index (κ3) is 3.35. The molecule has 0 bridgehead atoms. The summed E-state index contributed by atoms with van der Waals surface area (Å²) >= 11 is 0. The van der Waals surface area contributed by atoms with Crippen LogP contribution in [0.15, 0.2) is 18.6 Å². The highest BCUT2D eigenvalue weighted by Gasteiger charge is 2.22. The van der Waals surface area contributed by atoms with E-state index in [1.807, 2.05) is 13.8 Å². The van der Waals surface area contributed by atoms with Crippen molar-refractivity contribution in [3.05, 3.63) is 30.0 Å². The van der Waals surface area contributed by atoms with Gasteiger partial charge in [-0.1, -0.05) is 20.4 Å². The summed E-state index contributed by atoms with van der Waals surface area (Å²) in [4.78, 5) is 9.93. The molecule has 1 fully saturated rings. The summed E-state index contributed by atoms with van der Waals surface area (Å²) in [5.74, 6) is 0.631. The summed E-state index contributed by atoms with van der Waals surface area (Å²) in [6.45, 7) is 14.4. The van der Waals surface area contributed by atoms with Gasteiger partial charge in [0.15, 0.2) is 0 Å². The Morgan fingerprint density at radius 2 is 2.00 bits per heavy atom. The zero-order valence-corrected chi connectivity index (χ0v) is 11.6. The van der Waals surface area contributed by atoms with E-state index in [9.17, 15) is 0 Å². The first-order valence-corrected chi connectivity index (χ1v) is 6.59. The number of H-pyrrole nitrogens is 1. The predicted molar refractivity (Wildman–Crippen MR) is 73.0 cm³/mol. The van der Waals surface area contributed by atoms with Crippen LogP contribution >= 0.6 is 0 Å². The van der Waals surface area contributed by atoms with Crippen molar-refractivity contribution in [1.82, 2.24) is 14.9 Å². The zero-order valence-electron chi connectivity index (χ0n) is 11.6. The highest BCUT2D eigenvalue weighted by atomic mass is 15.1. The van der Waals surface area contributed by atoms with Crippen LogP contribution in [-0.4, -0.2) is 28.0 Å². The van der Waals surface area contributed by atoms with E-state index in [1.54, 1.807) is 6.33 Å². The quantitative estimate of drug-likeness (QED) is 0.851. The molecule has 1 aliphatic heterocycles. The SMILES string of the molecule is C=C(C)N1CCC(c2nc[nH]c2C)CC1.CC. The fourth-order valence-corrected chi connectivity index (χ4v) is 2.32. The topological polar surface area (TPSA) is 31.9 Å². The van der Waals surface area contributed by atoms with Crippen LogP contribution in [0.5, 0.6) is 0 Å². The van der Waals surface area contributed by atoms with Crippen molar-refractivity contribution >= 4 is 0 Å². The van der Waals surface area contributed by atoms with Gasteiger partial charge in [0.2, 0.25) is 0 Å². The molecule has 3 heteroatoms. The van der Waals surface area contributed by atoms with Gasteiger partial charge in [0.1, 0.15) is 0 Å². The van der Waals surface area contributed by atoms with Crippen molar-refractivity contribution in [1.29, 1.82) is 0 Å². The molecule has 1 aromatic rings. The lowest BCUT2D eigenvalue weighted by Gasteiger charge is -2.33. The molecule has 17 heavy (non-hydrogen) atoms. The van der Waals surface area contributed by atoms with E-state index < -0.39 is 0 Å². The fraction of sp³-hybridized carbons (Fsp3) is 0.643. The smallest absolute Gasteiger partial charge is 0.0925 e. The van der Waals surface area contributed by atoms with Gasteiger partial charge in [-0.25, -0.2) is 4.98 Å². The molecule has 1 aliphatic rings. The Hall–Kier alpha value is -1.25. The lowest BCUT2D eigenvalue weighted by Crippen LogP contribution is -2.31. The Kier molecular flexibility index (Phi) is 5.26. The fourth-order valence-electron chi connectivity index (χ4n) is 2.32. The zero-order chi connectivity index (χ0) is 12.8. The third-order valence-electron chi connectivity index (χ3n) is 3.29. The van der Waals surface area contributed by atoms with Crippen molar-refractivity contribution in [2.45, 2.75) is 46.5 Å². The van der Waals surface area contributed by atoms with Crippen LogP contribution in [0.25, 0.3) is 0 Å². The van der Waals surface area contributed by atoms with Gasteiger partial charge in [-0.05, 0) is 26.7 Å². The number of allylic oxidation sites excluding steroid dienone is 1. The van der Waals surface area contributed by atoms with Gasteiger partial charge >= 0.3 is 0 Å². The molecular weight excluding hydrogens is 210 g/mol. The Bertz CT molecular complexity index is 346. The number of aromatic amines is 1. The average Bonchev–Trinajstić information content (AvgIpc) is 2.78. The van der Waals surface area contributed by atoms with Crippen molar-refractivity contribution in [3.8, 4) is 0 Å². The number of piperidine rings is 1. The highest BCUT2D eigenvalue weighted by molar-refractivity contribution is 5.15. The molecule has 1 aromatic heterocycles. The number of hydrogen-bond acceptors (Lipinski definition) is 2. The first kappa shape index (κ1) is 13.8. The summed E-state index contributed by atoms with van der Waals surface area (Å²) in [6, 6.07) is 0. The lowest BCUT2D eigenvalue weighted by atomic mass is 9.92. The Labute approximate surface area is 105 Å². The van der Waals surface area contributed by atoms with E-state index in [-0.39, 0.29) is 0 Å². The molecule has 2 rings (SSSR count). The van der Waals surface area contributed by atoms with E-state index in [0.29, 0.717) is 5.92 Å². The summed E-state index contributed by atoms with van der Waals surface area (Å²) in [5.41, 5.74) is 3.67. The van der Waals surface area contributed by atoms with Gasteiger partial charge < -0.3 is 9.88 Å². The Morgan fingerprint density at radius 3 is 2.41 bits per heavy atom. The van der Waals surface area contributed by atoms with E-state index in [2.05, 4.69) is 35.3 Å². The number of nitrogens with one attached hydrogen (secondary N) is 1. The van der Waals surface area contributed by atoms with Crippen molar-refractivity contribution in [3.63, 3.8) is 0 Å². The molecule has 0 unspecified atom stereocenters. The van der Waals surface area contributed by atoms with Gasteiger partial charge in [0.25, 0.3) is 0 Å². The third-order valence-corrected chi connectivity index (χ3v) is 3.29. The van der Waals surface area contributed by atoms with Crippen molar-refractivity contribution in [2.75, 3.05) is 13.1 Å². The van der Waals surface area contributed by atoms with Crippen LogP contribution in [-0.2, 0) is 0 Å². The maximum atomic E-state index is 4.41. The minimum Gasteiger partial charge on any atom is -0.375 e. The number of likely N-dealkylation sites (tertiary alicyclic amines) is 1. The molecule has 0 radical (unpaired) electrons. The van der Waals surface area contributed by atoms with Crippen LogP contribution < -0.4 is 0 Å². The standard InChI is InChI=1S/C12H19N3.C2H6/c1-9(2)15-6-4-11(5-7-15)12-10(3)13-8-14-12;1-2/h8,11H,1,4-7H2,2-3H3,(H,13,14);1-2H3. The molecule has 0 aliphatic carbocycles. The highest BCUT2D eigenvalue weighted by Crippen LogP contribution is 2.29. The van der Waals surface area contributed by atoms with E-state index in [1.165, 1.54) is 29.9 Å². The second-order valence-electron chi connectivity index (χ2n) is 4.41. The molecule has 0 atom stereocenters. The molecule has 0 spiro atoms. The maximum absolute atomic E-state index is 4.41. The molecule has 0 aromatic carbocycles. The molecule has 0 amide bonds. The minimum absolute atomic E-state index is 0.631. The number of imidazole rings is 1. The van der Waals surface area contributed by atoms with Crippen molar-refractivity contribution < 1.29 is 0 Å².